The lowest BCUT2D eigenvalue weighted by atomic mass is 10.1. The second kappa shape index (κ2) is 9.94. The fourth-order valence-corrected chi connectivity index (χ4v) is 3.39. The summed E-state index contributed by atoms with van der Waals surface area (Å²) < 4.78 is 0. The number of nitrogens with zero attached hydrogens (tertiary/aromatic N) is 1. The van der Waals surface area contributed by atoms with Crippen molar-refractivity contribution >= 4 is 35.0 Å². The molecule has 0 heterocycles. The summed E-state index contributed by atoms with van der Waals surface area (Å²) in [5.74, 6) is -0.333. The van der Waals surface area contributed by atoms with Gasteiger partial charge in [0.15, 0.2) is 0 Å². The van der Waals surface area contributed by atoms with Crippen molar-refractivity contribution in [2.75, 3.05) is 0 Å². The van der Waals surface area contributed by atoms with Crippen molar-refractivity contribution in [3.63, 3.8) is 0 Å². The highest BCUT2D eigenvalue weighted by atomic mass is 35.5. The third-order valence-electron chi connectivity index (χ3n) is 4.39. The second-order valence-corrected chi connectivity index (χ2v) is 8.11. The molecule has 0 aliphatic carbocycles. The molecule has 4 nitrogen and oxygen atoms in total. The Bertz CT molecular complexity index is 852. The molecule has 2 amide bonds. The molecular formula is C22H26Cl2N2O2. The summed E-state index contributed by atoms with van der Waals surface area (Å²) in [5, 5.41) is 3.87. The van der Waals surface area contributed by atoms with Crippen molar-refractivity contribution in [3.8, 4) is 0 Å². The fraction of sp³-hybridized carbons (Fsp3) is 0.364. The third kappa shape index (κ3) is 6.25. The van der Waals surface area contributed by atoms with E-state index >= 15 is 0 Å². The molecule has 0 radical (unpaired) electrons. The predicted octanol–water partition coefficient (Wildman–Crippen LogP) is 4.79. The topological polar surface area (TPSA) is 49.4 Å². The molecule has 0 aliphatic heterocycles. The molecule has 2 rings (SSSR count). The van der Waals surface area contributed by atoms with Gasteiger partial charge in [0.2, 0.25) is 11.8 Å². The van der Waals surface area contributed by atoms with Gasteiger partial charge in [-0.2, -0.15) is 0 Å². The summed E-state index contributed by atoms with van der Waals surface area (Å²) >= 11 is 12.3. The van der Waals surface area contributed by atoms with Crippen LogP contribution in [0.5, 0.6) is 0 Å². The smallest absolute Gasteiger partial charge is 0.242 e. The molecule has 0 saturated heterocycles. The van der Waals surface area contributed by atoms with Crippen molar-refractivity contribution in [2.24, 2.45) is 0 Å². The maximum absolute atomic E-state index is 13.1. The molecule has 0 saturated carbocycles. The predicted molar refractivity (Wildman–Crippen MR) is 115 cm³/mol. The fourth-order valence-electron chi connectivity index (χ4n) is 2.92. The van der Waals surface area contributed by atoms with Crippen LogP contribution in [0.25, 0.3) is 0 Å². The number of carbonyl (C=O) groups excluding carboxylic acids is 2. The zero-order chi connectivity index (χ0) is 20.8. The van der Waals surface area contributed by atoms with Crippen LogP contribution in [0.4, 0.5) is 0 Å². The van der Waals surface area contributed by atoms with Crippen LogP contribution >= 0.6 is 23.2 Å². The summed E-state index contributed by atoms with van der Waals surface area (Å²) in [6.45, 7) is 7.72. The molecule has 0 aromatic heterocycles. The van der Waals surface area contributed by atoms with Gasteiger partial charge < -0.3 is 10.2 Å². The molecule has 1 unspecified atom stereocenters. The van der Waals surface area contributed by atoms with E-state index in [1.165, 1.54) is 0 Å². The van der Waals surface area contributed by atoms with Gasteiger partial charge in [0.25, 0.3) is 0 Å². The molecule has 150 valence electrons. The molecular weight excluding hydrogens is 395 g/mol. The van der Waals surface area contributed by atoms with Gasteiger partial charge in [0.05, 0.1) is 6.42 Å². The van der Waals surface area contributed by atoms with E-state index in [-0.39, 0.29) is 30.8 Å². The number of carbonyl (C=O) groups is 2. The maximum atomic E-state index is 13.1. The van der Waals surface area contributed by atoms with Crippen LogP contribution in [0.2, 0.25) is 10.0 Å². The molecule has 0 spiro atoms. The molecule has 6 heteroatoms. The van der Waals surface area contributed by atoms with Gasteiger partial charge in [0.1, 0.15) is 6.04 Å². The average Bonchev–Trinajstić information content (AvgIpc) is 2.59. The Morgan fingerprint density at radius 2 is 1.79 bits per heavy atom. The monoisotopic (exact) mass is 420 g/mol. The van der Waals surface area contributed by atoms with Crippen molar-refractivity contribution in [1.82, 2.24) is 10.2 Å². The molecule has 0 fully saturated rings. The summed E-state index contributed by atoms with van der Waals surface area (Å²) in [6, 6.07) is 12.3. The Kier molecular flexibility index (Phi) is 7.90. The van der Waals surface area contributed by atoms with Crippen LogP contribution in [0.1, 0.15) is 37.5 Å². The molecule has 2 aromatic carbocycles. The van der Waals surface area contributed by atoms with Gasteiger partial charge in [0, 0.05) is 22.6 Å². The Hall–Kier alpha value is -2.04. The lowest BCUT2D eigenvalue weighted by Gasteiger charge is -2.30. The van der Waals surface area contributed by atoms with Crippen molar-refractivity contribution in [2.45, 2.75) is 52.7 Å². The van der Waals surface area contributed by atoms with Crippen LogP contribution < -0.4 is 5.32 Å². The van der Waals surface area contributed by atoms with E-state index in [4.69, 9.17) is 23.2 Å². The number of hydrogen-bond donors (Lipinski definition) is 1. The molecule has 28 heavy (non-hydrogen) atoms. The van der Waals surface area contributed by atoms with E-state index < -0.39 is 6.04 Å². The van der Waals surface area contributed by atoms with E-state index in [2.05, 4.69) is 5.32 Å². The Balaban J connectivity index is 2.28. The normalized spacial score (nSPS) is 12.0. The second-order valence-electron chi connectivity index (χ2n) is 7.26. The first-order valence-corrected chi connectivity index (χ1v) is 10.0. The standard InChI is InChI=1S/C22H26Cl2N2O2/c1-14(2)25-22(28)16(4)26(13-18-8-9-19(23)12-20(18)24)21(27)11-17-7-5-6-15(3)10-17/h5-10,12,14,16H,11,13H2,1-4H3,(H,25,28). The minimum absolute atomic E-state index is 0.0113. The number of rotatable bonds is 7. The number of nitrogens with one attached hydrogen (secondary N) is 1. The van der Waals surface area contributed by atoms with Crippen molar-refractivity contribution < 1.29 is 9.59 Å². The highest BCUT2D eigenvalue weighted by molar-refractivity contribution is 6.35. The summed E-state index contributed by atoms with van der Waals surface area (Å²) in [6.07, 6.45) is 0.214. The molecule has 0 bridgehead atoms. The minimum atomic E-state index is -0.633. The first-order chi connectivity index (χ1) is 13.2. The highest BCUT2D eigenvalue weighted by Crippen LogP contribution is 2.23. The summed E-state index contributed by atoms with van der Waals surface area (Å²) in [7, 11) is 0. The number of amides is 2. The summed E-state index contributed by atoms with van der Waals surface area (Å²) in [4.78, 5) is 27.3. The quantitative estimate of drug-likeness (QED) is 0.699. The first-order valence-electron chi connectivity index (χ1n) is 9.26. The SMILES string of the molecule is Cc1cccc(CC(=O)N(Cc2ccc(Cl)cc2Cl)C(C)C(=O)NC(C)C)c1. The van der Waals surface area contributed by atoms with E-state index in [1.807, 2.05) is 45.0 Å². The zero-order valence-corrected chi connectivity index (χ0v) is 18.1. The van der Waals surface area contributed by atoms with Crippen LogP contribution in [-0.4, -0.2) is 28.8 Å². The van der Waals surface area contributed by atoms with Gasteiger partial charge >= 0.3 is 0 Å². The van der Waals surface area contributed by atoms with Crippen LogP contribution in [0, 0.1) is 6.92 Å². The van der Waals surface area contributed by atoms with Gasteiger partial charge in [-0.25, -0.2) is 0 Å². The number of aryl methyl sites for hydroxylation is 1. The molecule has 1 N–H and O–H groups in total. The van der Waals surface area contributed by atoms with E-state index in [1.54, 1.807) is 30.0 Å². The Labute approximate surface area is 176 Å². The number of halogens is 2. The summed E-state index contributed by atoms with van der Waals surface area (Å²) in [5.41, 5.74) is 2.74. The van der Waals surface area contributed by atoms with Gasteiger partial charge in [-0.05, 0) is 51.0 Å². The van der Waals surface area contributed by atoms with Gasteiger partial charge in [-0.15, -0.1) is 0 Å². The highest BCUT2D eigenvalue weighted by Gasteiger charge is 2.27. The van der Waals surface area contributed by atoms with Crippen molar-refractivity contribution in [3.05, 3.63) is 69.2 Å². The van der Waals surface area contributed by atoms with E-state index in [0.29, 0.717) is 10.0 Å². The number of hydrogen-bond acceptors (Lipinski definition) is 2. The maximum Gasteiger partial charge on any atom is 0.242 e. The average molecular weight is 421 g/mol. The first kappa shape index (κ1) is 22.3. The lowest BCUT2D eigenvalue weighted by Crippen LogP contribution is -2.49. The largest absolute Gasteiger partial charge is 0.352 e. The van der Waals surface area contributed by atoms with E-state index in [0.717, 1.165) is 16.7 Å². The van der Waals surface area contributed by atoms with E-state index in [9.17, 15) is 9.59 Å². The van der Waals surface area contributed by atoms with Crippen molar-refractivity contribution in [1.29, 1.82) is 0 Å². The van der Waals surface area contributed by atoms with Crippen LogP contribution in [0.3, 0.4) is 0 Å². The number of benzene rings is 2. The lowest BCUT2D eigenvalue weighted by molar-refractivity contribution is -0.140. The van der Waals surface area contributed by atoms with Crippen LogP contribution in [-0.2, 0) is 22.6 Å². The molecule has 2 aromatic rings. The van der Waals surface area contributed by atoms with Gasteiger partial charge in [-0.1, -0.05) is 59.1 Å². The zero-order valence-electron chi connectivity index (χ0n) is 16.6. The van der Waals surface area contributed by atoms with Crippen LogP contribution in [0.15, 0.2) is 42.5 Å². The van der Waals surface area contributed by atoms with Gasteiger partial charge in [-0.3, -0.25) is 9.59 Å². The molecule has 1 atom stereocenters. The Morgan fingerprint density at radius 1 is 1.07 bits per heavy atom. The Morgan fingerprint density at radius 3 is 2.39 bits per heavy atom. The third-order valence-corrected chi connectivity index (χ3v) is 4.98. The minimum Gasteiger partial charge on any atom is -0.352 e. The molecule has 0 aliphatic rings.